The molecule has 0 saturated carbocycles. The van der Waals surface area contributed by atoms with Crippen molar-refractivity contribution in [2.75, 3.05) is 0 Å². The van der Waals surface area contributed by atoms with Crippen molar-refractivity contribution >= 4 is 43.4 Å². The summed E-state index contributed by atoms with van der Waals surface area (Å²) in [7, 11) is 0. The quantitative estimate of drug-likeness (QED) is 0.195. The first kappa shape index (κ1) is 26.6. The number of hydrogen-bond donors (Lipinski definition) is 0. The summed E-state index contributed by atoms with van der Waals surface area (Å²) >= 11 is 1.74. The van der Waals surface area contributed by atoms with Crippen LogP contribution in [0.5, 0.6) is 0 Å². The molecule has 0 aliphatic rings. The summed E-state index contributed by atoms with van der Waals surface area (Å²) in [5.41, 5.74) is 12.4. The van der Waals surface area contributed by atoms with Gasteiger partial charge in [-0.05, 0) is 76.9 Å². The summed E-state index contributed by atoms with van der Waals surface area (Å²) in [5.74, 6) is 0. The molecule has 0 radical (unpaired) electrons. The van der Waals surface area contributed by atoms with Crippen molar-refractivity contribution in [3.63, 3.8) is 0 Å². The first-order valence-electron chi connectivity index (χ1n) is 15.4. The maximum Gasteiger partial charge on any atom is 0.124 e. The molecular formula is C42H27N3S. The van der Waals surface area contributed by atoms with Gasteiger partial charge in [-0.2, -0.15) is 0 Å². The number of rotatable bonds is 5. The van der Waals surface area contributed by atoms with Crippen molar-refractivity contribution in [3.8, 4) is 49.8 Å². The van der Waals surface area contributed by atoms with E-state index >= 15 is 0 Å². The fourth-order valence-electron chi connectivity index (χ4n) is 6.53. The van der Waals surface area contributed by atoms with Crippen LogP contribution in [0.4, 0.5) is 0 Å². The lowest BCUT2D eigenvalue weighted by molar-refractivity contribution is 1.18. The fourth-order valence-corrected chi connectivity index (χ4v) is 7.48. The van der Waals surface area contributed by atoms with Crippen LogP contribution >= 0.6 is 11.3 Å². The monoisotopic (exact) mass is 605 g/mol. The fraction of sp³-hybridized carbons (Fsp3) is 0. The Morgan fingerprint density at radius 1 is 0.500 bits per heavy atom. The van der Waals surface area contributed by atoms with Gasteiger partial charge in [-0.3, -0.25) is 4.98 Å². The smallest absolute Gasteiger partial charge is 0.124 e. The number of para-hydroxylation sites is 2. The highest BCUT2D eigenvalue weighted by molar-refractivity contribution is 7.21. The second kappa shape index (κ2) is 11.0. The third-order valence-electron chi connectivity index (χ3n) is 8.68. The second-order valence-corrected chi connectivity index (χ2v) is 12.5. The molecule has 0 spiro atoms. The first-order valence-corrected chi connectivity index (χ1v) is 16.2. The van der Waals surface area contributed by atoms with Crippen molar-refractivity contribution in [1.29, 1.82) is 0 Å². The molecule has 4 heteroatoms. The van der Waals surface area contributed by atoms with Crippen LogP contribution < -0.4 is 0 Å². The molecule has 3 aromatic heterocycles. The maximum atomic E-state index is 5.09. The zero-order chi connectivity index (χ0) is 30.5. The van der Waals surface area contributed by atoms with Crippen molar-refractivity contribution in [2.45, 2.75) is 0 Å². The third kappa shape index (κ3) is 4.50. The van der Waals surface area contributed by atoms with Gasteiger partial charge in [0.25, 0.3) is 0 Å². The number of benzene rings is 6. The highest BCUT2D eigenvalue weighted by Gasteiger charge is 2.20. The molecule has 46 heavy (non-hydrogen) atoms. The molecule has 9 aromatic rings. The van der Waals surface area contributed by atoms with E-state index in [4.69, 9.17) is 4.98 Å². The Balaban J connectivity index is 1.33. The van der Waals surface area contributed by atoms with E-state index in [9.17, 15) is 0 Å². The SMILES string of the molecule is c1ccc(-c2ccc(-c3cc(-c4nc5ccccc5s4)cc4c3c3ccccc3n4-c3cccc(-c4ccccn4)c3)cc2)cc1. The minimum absolute atomic E-state index is 0.958. The molecule has 0 atom stereocenters. The molecule has 3 heterocycles. The van der Waals surface area contributed by atoms with Crippen LogP contribution in [0.15, 0.2) is 164 Å². The maximum absolute atomic E-state index is 5.09. The van der Waals surface area contributed by atoms with Gasteiger partial charge in [0, 0.05) is 33.8 Å². The van der Waals surface area contributed by atoms with Gasteiger partial charge in [0.05, 0.1) is 26.9 Å². The number of fused-ring (bicyclic) bond motifs is 4. The molecule has 0 amide bonds. The van der Waals surface area contributed by atoms with E-state index in [0.717, 1.165) is 38.5 Å². The van der Waals surface area contributed by atoms with Crippen LogP contribution in [0.2, 0.25) is 0 Å². The number of pyridine rings is 1. The zero-order valence-corrected chi connectivity index (χ0v) is 25.7. The summed E-state index contributed by atoms with van der Waals surface area (Å²) in [4.78, 5) is 9.73. The van der Waals surface area contributed by atoms with E-state index in [1.807, 2.05) is 18.3 Å². The van der Waals surface area contributed by atoms with E-state index < -0.39 is 0 Å². The highest BCUT2D eigenvalue weighted by atomic mass is 32.1. The van der Waals surface area contributed by atoms with Gasteiger partial charge >= 0.3 is 0 Å². The molecule has 0 unspecified atom stereocenters. The highest BCUT2D eigenvalue weighted by Crippen LogP contribution is 2.43. The molecule has 0 aliphatic carbocycles. The predicted molar refractivity (Wildman–Crippen MR) is 193 cm³/mol. The summed E-state index contributed by atoms with van der Waals surface area (Å²) in [5, 5.41) is 3.47. The topological polar surface area (TPSA) is 30.7 Å². The molecule has 6 aromatic carbocycles. The van der Waals surface area contributed by atoms with Gasteiger partial charge in [-0.25, -0.2) is 4.98 Å². The zero-order valence-electron chi connectivity index (χ0n) is 24.8. The molecule has 9 rings (SSSR count). The van der Waals surface area contributed by atoms with Crippen molar-refractivity contribution in [1.82, 2.24) is 14.5 Å². The summed E-state index contributed by atoms with van der Waals surface area (Å²) in [6.07, 6.45) is 1.85. The molecule has 3 nitrogen and oxygen atoms in total. The Hall–Kier alpha value is -5.84. The number of hydrogen-bond acceptors (Lipinski definition) is 3. The minimum Gasteiger partial charge on any atom is -0.309 e. The molecule has 0 bridgehead atoms. The molecule has 0 fully saturated rings. The normalized spacial score (nSPS) is 11.5. The second-order valence-electron chi connectivity index (χ2n) is 11.5. The molecule has 216 valence electrons. The van der Waals surface area contributed by atoms with Crippen LogP contribution in [0, 0.1) is 0 Å². The average Bonchev–Trinajstić information content (AvgIpc) is 3.72. The van der Waals surface area contributed by atoms with Crippen LogP contribution in [-0.2, 0) is 0 Å². The summed E-state index contributed by atoms with van der Waals surface area (Å²) in [6, 6.07) is 56.1. The van der Waals surface area contributed by atoms with Crippen LogP contribution in [0.25, 0.3) is 81.8 Å². The van der Waals surface area contributed by atoms with Crippen molar-refractivity contribution < 1.29 is 0 Å². The number of aromatic nitrogens is 3. The van der Waals surface area contributed by atoms with E-state index in [1.165, 1.54) is 43.2 Å². The van der Waals surface area contributed by atoms with Crippen molar-refractivity contribution in [2.24, 2.45) is 0 Å². The van der Waals surface area contributed by atoms with E-state index in [2.05, 4.69) is 155 Å². The predicted octanol–water partition coefficient (Wildman–Crippen LogP) is 11.5. The Kier molecular flexibility index (Phi) is 6.32. The van der Waals surface area contributed by atoms with E-state index in [0.29, 0.717) is 0 Å². The van der Waals surface area contributed by atoms with Gasteiger partial charge in [0.2, 0.25) is 0 Å². The third-order valence-corrected chi connectivity index (χ3v) is 9.77. The van der Waals surface area contributed by atoms with Gasteiger partial charge in [-0.1, -0.05) is 103 Å². The van der Waals surface area contributed by atoms with Crippen molar-refractivity contribution in [3.05, 3.63) is 164 Å². The lowest BCUT2D eigenvalue weighted by Crippen LogP contribution is -1.95. The van der Waals surface area contributed by atoms with Gasteiger partial charge < -0.3 is 4.57 Å². The Labute approximate surface area is 270 Å². The molecular weight excluding hydrogens is 579 g/mol. The average molecular weight is 606 g/mol. The lowest BCUT2D eigenvalue weighted by Gasteiger charge is -2.12. The van der Waals surface area contributed by atoms with Crippen LogP contribution in [0.1, 0.15) is 0 Å². The van der Waals surface area contributed by atoms with Crippen LogP contribution in [-0.4, -0.2) is 14.5 Å². The largest absolute Gasteiger partial charge is 0.309 e. The van der Waals surface area contributed by atoms with E-state index in [1.54, 1.807) is 11.3 Å². The molecule has 0 aliphatic heterocycles. The number of thiazole rings is 1. The van der Waals surface area contributed by atoms with Gasteiger partial charge in [-0.15, -0.1) is 11.3 Å². The summed E-state index contributed by atoms with van der Waals surface area (Å²) < 4.78 is 3.59. The molecule has 0 N–H and O–H groups in total. The number of nitrogens with zero attached hydrogens (tertiary/aromatic N) is 3. The van der Waals surface area contributed by atoms with E-state index in [-0.39, 0.29) is 0 Å². The summed E-state index contributed by atoms with van der Waals surface area (Å²) in [6.45, 7) is 0. The Morgan fingerprint density at radius 3 is 2.09 bits per heavy atom. The lowest BCUT2D eigenvalue weighted by atomic mass is 9.95. The van der Waals surface area contributed by atoms with Crippen LogP contribution in [0.3, 0.4) is 0 Å². The Bertz CT molecular complexity index is 2480. The van der Waals surface area contributed by atoms with Gasteiger partial charge in [0.1, 0.15) is 5.01 Å². The Morgan fingerprint density at radius 2 is 1.24 bits per heavy atom. The minimum atomic E-state index is 0.958. The standard InChI is InChI=1S/C42H27N3S/c1-2-11-28(12-3-1)29-20-22-30(23-21-29)35-26-32(42-44-37-17-5-7-19-40(37)46-42)27-39-41(35)34-15-4-6-18-38(34)45(39)33-14-10-13-31(25-33)36-16-8-9-24-43-36/h1-27H. The first-order chi connectivity index (χ1) is 22.8. The van der Waals surface area contributed by atoms with Gasteiger partial charge in [0.15, 0.2) is 0 Å². The molecule has 0 saturated heterocycles.